The molecule has 0 saturated heterocycles. The fraction of sp³-hybridized carbons (Fsp3) is 0.435. The van der Waals surface area contributed by atoms with Crippen LogP contribution in [0.3, 0.4) is 0 Å². The van der Waals surface area contributed by atoms with Crippen molar-refractivity contribution < 1.29 is 9.22 Å². The van der Waals surface area contributed by atoms with E-state index in [9.17, 15) is 4.79 Å². The molecule has 0 aliphatic carbocycles. The van der Waals surface area contributed by atoms with Crippen molar-refractivity contribution in [1.82, 2.24) is 0 Å². The summed E-state index contributed by atoms with van der Waals surface area (Å²) in [5.74, 6) is 0.499. The van der Waals surface area contributed by atoms with Crippen molar-refractivity contribution in [1.29, 1.82) is 0 Å². The molecule has 0 aliphatic rings. The van der Waals surface area contributed by atoms with E-state index in [2.05, 4.69) is 88.4 Å². The van der Waals surface area contributed by atoms with Crippen molar-refractivity contribution in [3.8, 4) is 0 Å². The molecular weight excluding hydrogens is 336 g/mol. The summed E-state index contributed by atoms with van der Waals surface area (Å²) in [6.45, 7) is 9.84. The molecule has 2 aromatic carbocycles. The van der Waals surface area contributed by atoms with Gasteiger partial charge in [0.2, 0.25) is 0 Å². The molecule has 1 atom stereocenters. The first-order valence-corrected chi connectivity index (χ1v) is 11.5. The fourth-order valence-corrected chi connectivity index (χ4v) is 8.25. The SMILES string of the molecule is C[C@H](CCC=O)CCO[Si](c1ccccc1)(c1ccccc1)C(C)(C)C. The topological polar surface area (TPSA) is 26.3 Å². The maximum absolute atomic E-state index is 10.6. The second kappa shape index (κ2) is 9.29. The molecule has 140 valence electrons. The van der Waals surface area contributed by atoms with Crippen molar-refractivity contribution in [2.24, 2.45) is 5.92 Å². The van der Waals surface area contributed by atoms with Gasteiger partial charge in [0, 0.05) is 13.0 Å². The van der Waals surface area contributed by atoms with Crippen LogP contribution in [-0.2, 0) is 9.22 Å². The van der Waals surface area contributed by atoms with Crippen LogP contribution >= 0.6 is 0 Å². The number of aldehydes is 1. The van der Waals surface area contributed by atoms with E-state index >= 15 is 0 Å². The highest BCUT2D eigenvalue weighted by molar-refractivity contribution is 6.99. The molecule has 0 amide bonds. The van der Waals surface area contributed by atoms with E-state index in [0.717, 1.165) is 25.7 Å². The summed E-state index contributed by atoms with van der Waals surface area (Å²) < 4.78 is 6.87. The van der Waals surface area contributed by atoms with E-state index in [0.29, 0.717) is 12.3 Å². The average Bonchev–Trinajstić information content (AvgIpc) is 2.64. The summed E-state index contributed by atoms with van der Waals surface area (Å²) >= 11 is 0. The third-order valence-corrected chi connectivity index (χ3v) is 10.2. The van der Waals surface area contributed by atoms with E-state index in [1.807, 2.05) is 0 Å². The van der Waals surface area contributed by atoms with Crippen LogP contribution in [0.4, 0.5) is 0 Å². The number of rotatable bonds is 9. The van der Waals surface area contributed by atoms with Gasteiger partial charge in [0.25, 0.3) is 8.32 Å². The highest BCUT2D eigenvalue weighted by Crippen LogP contribution is 2.36. The molecule has 0 fully saturated rings. The lowest BCUT2D eigenvalue weighted by molar-refractivity contribution is -0.108. The molecule has 0 N–H and O–H groups in total. The van der Waals surface area contributed by atoms with Gasteiger partial charge in [0.05, 0.1) is 0 Å². The number of carbonyl (C=O) groups excluding carboxylic acids is 1. The summed E-state index contributed by atoms with van der Waals surface area (Å²) in [6.07, 6.45) is 3.58. The molecule has 0 radical (unpaired) electrons. The summed E-state index contributed by atoms with van der Waals surface area (Å²) in [6, 6.07) is 21.5. The molecule has 0 heterocycles. The van der Waals surface area contributed by atoms with Crippen molar-refractivity contribution in [2.45, 2.75) is 52.0 Å². The minimum absolute atomic E-state index is 0.0156. The summed E-state index contributed by atoms with van der Waals surface area (Å²) in [5.41, 5.74) is 0. The molecule has 3 heteroatoms. The largest absolute Gasteiger partial charge is 0.407 e. The zero-order valence-electron chi connectivity index (χ0n) is 16.6. The summed E-state index contributed by atoms with van der Waals surface area (Å²) in [4.78, 5) is 10.6. The Hall–Kier alpha value is -1.71. The predicted octanol–water partition coefficient (Wildman–Crippen LogP) is 4.57. The molecule has 0 aliphatic heterocycles. The molecule has 2 rings (SSSR count). The van der Waals surface area contributed by atoms with E-state index in [1.165, 1.54) is 10.4 Å². The Balaban J connectivity index is 2.36. The number of hydrogen-bond acceptors (Lipinski definition) is 2. The number of hydrogen-bond donors (Lipinski definition) is 0. The Kier molecular flexibility index (Phi) is 7.36. The van der Waals surface area contributed by atoms with Crippen LogP contribution in [0, 0.1) is 5.92 Å². The highest BCUT2D eigenvalue weighted by atomic mass is 28.4. The number of carbonyl (C=O) groups is 1. The van der Waals surface area contributed by atoms with Gasteiger partial charge < -0.3 is 9.22 Å². The summed E-state index contributed by atoms with van der Waals surface area (Å²) in [7, 11) is -2.42. The third-order valence-electron chi connectivity index (χ3n) is 5.12. The van der Waals surface area contributed by atoms with Crippen molar-refractivity contribution in [3.63, 3.8) is 0 Å². The lowest BCUT2D eigenvalue weighted by Gasteiger charge is -2.43. The Morgan fingerprint density at radius 1 is 0.923 bits per heavy atom. The molecule has 0 bridgehead atoms. The van der Waals surface area contributed by atoms with Gasteiger partial charge in [0.1, 0.15) is 6.29 Å². The Bertz CT molecular complexity index is 622. The smallest absolute Gasteiger partial charge is 0.261 e. The first-order valence-electron chi connectivity index (χ1n) is 9.60. The van der Waals surface area contributed by atoms with Crippen molar-refractivity contribution in [3.05, 3.63) is 60.7 Å². The minimum Gasteiger partial charge on any atom is -0.407 e. The normalized spacial score (nSPS) is 13.4. The van der Waals surface area contributed by atoms with Crippen LogP contribution < -0.4 is 10.4 Å². The molecule has 0 aromatic heterocycles. The molecule has 0 saturated carbocycles. The molecule has 0 unspecified atom stereocenters. The summed E-state index contributed by atoms with van der Waals surface area (Å²) in [5, 5.41) is 2.65. The van der Waals surface area contributed by atoms with Crippen LogP contribution in [-0.4, -0.2) is 21.2 Å². The van der Waals surface area contributed by atoms with Crippen molar-refractivity contribution in [2.75, 3.05) is 6.61 Å². The number of benzene rings is 2. The molecule has 26 heavy (non-hydrogen) atoms. The predicted molar refractivity (Wildman–Crippen MR) is 113 cm³/mol. The van der Waals surface area contributed by atoms with Crippen molar-refractivity contribution >= 4 is 25.0 Å². The molecule has 2 aromatic rings. The fourth-order valence-electron chi connectivity index (χ4n) is 3.67. The van der Waals surface area contributed by atoms with E-state index < -0.39 is 8.32 Å². The van der Waals surface area contributed by atoms with Gasteiger partial charge in [-0.2, -0.15) is 0 Å². The quantitative estimate of drug-likeness (QED) is 0.479. The molecule has 0 spiro atoms. The van der Waals surface area contributed by atoms with E-state index in [1.54, 1.807) is 0 Å². The minimum atomic E-state index is -2.42. The third kappa shape index (κ3) is 4.71. The molecular formula is C23H32O2Si. The van der Waals surface area contributed by atoms with Crippen LogP contribution in [0.2, 0.25) is 5.04 Å². The highest BCUT2D eigenvalue weighted by Gasteiger charge is 2.49. The maximum Gasteiger partial charge on any atom is 0.261 e. The van der Waals surface area contributed by atoms with Crippen LogP contribution in [0.5, 0.6) is 0 Å². The molecule has 2 nitrogen and oxygen atoms in total. The average molecular weight is 369 g/mol. The van der Waals surface area contributed by atoms with Gasteiger partial charge in [-0.3, -0.25) is 0 Å². The first kappa shape index (κ1) is 20.6. The Labute approximate surface area is 159 Å². The Morgan fingerprint density at radius 2 is 1.42 bits per heavy atom. The van der Waals surface area contributed by atoms with E-state index in [-0.39, 0.29) is 5.04 Å². The standard InChI is InChI=1S/C23H32O2Si/c1-20(12-11-18-24)17-19-25-26(23(2,3)4,21-13-7-5-8-14-21)22-15-9-6-10-16-22/h5-10,13-16,18,20H,11-12,17,19H2,1-4H3/t20-/m1/s1. The van der Waals surface area contributed by atoms with Gasteiger partial charge >= 0.3 is 0 Å². The van der Waals surface area contributed by atoms with Gasteiger partial charge in [-0.15, -0.1) is 0 Å². The maximum atomic E-state index is 10.6. The van der Waals surface area contributed by atoms with Gasteiger partial charge in [-0.1, -0.05) is 88.4 Å². The second-order valence-corrected chi connectivity index (χ2v) is 12.5. The van der Waals surface area contributed by atoms with Crippen LogP contribution in [0.25, 0.3) is 0 Å². The van der Waals surface area contributed by atoms with E-state index in [4.69, 9.17) is 4.43 Å². The zero-order valence-corrected chi connectivity index (χ0v) is 17.6. The van der Waals surface area contributed by atoms with Crippen LogP contribution in [0.15, 0.2) is 60.7 Å². The lowest BCUT2D eigenvalue weighted by Crippen LogP contribution is -2.66. The Morgan fingerprint density at radius 3 is 1.85 bits per heavy atom. The first-order chi connectivity index (χ1) is 12.4. The second-order valence-electron chi connectivity index (χ2n) is 8.15. The van der Waals surface area contributed by atoms with Gasteiger partial charge in [-0.25, -0.2) is 0 Å². The van der Waals surface area contributed by atoms with Crippen LogP contribution in [0.1, 0.15) is 47.0 Å². The van der Waals surface area contributed by atoms with Gasteiger partial charge in [0.15, 0.2) is 0 Å². The van der Waals surface area contributed by atoms with Gasteiger partial charge in [-0.05, 0) is 34.2 Å². The monoisotopic (exact) mass is 368 g/mol. The lowest BCUT2D eigenvalue weighted by atomic mass is 10.0. The zero-order chi connectivity index (χ0) is 19.0.